The molecule has 3 rings (SSSR count). The first-order chi connectivity index (χ1) is 14.4. The number of amides is 1. The van der Waals surface area contributed by atoms with Crippen molar-refractivity contribution in [1.82, 2.24) is 15.5 Å². The summed E-state index contributed by atoms with van der Waals surface area (Å²) in [6, 6.07) is 15.7. The average molecular weight is 430 g/mol. The summed E-state index contributed by atoms with van der Waals surface area (Å²) in [5.74, 6) is 0.736. The van der Waals surface area contributed by atoms with Crippen LogP contribution in [0, 0.1) is 0 Å². The zero-order valence-electron chi connectivity index (χ0n) is 16.6. The first-order valence-electron chi connectivity index (χ1n) is 9.22. The quantitative estimate of drug-likeness (QED) is 0.553. The fourth-order valence-electron chi connectivity index (χ4n) is 2.67. The van der Waals surface area contributed by atoms with E-state index in [1.807, 2.05) is 37.3 Å². The second-order valence-corrected chi connectivity index (χ2v) is 8.26. The maximum absolute atomic E-state index is 12.4. The van der Waals surface area contributed by atoms with E-state index in [1.165, 1.54) is 0 Å². The van der Waals surface area contributed by atoms with E-state index >= 15 is 0 Å². The third-order valence-corrected chi connectivity index (χ3v) is 5.20. The largest absolute Gasteiger partial charge is 0.494 e. The first-order valence-corrected chi connectivity index (χ1v) is 11.1. The van der Waals surface area contributed by atoms with Gasteiger partial charge in [0.05, 0.1) is 25.1 Å². The molecule has 3 aromatic rings. The fraction of sp³-hybridized carbons (Fsp3) is 0.250. The van der Waals surface area contributed by atoms with Gasteiger partial charge in [-0.15, -0.1) is 0 Å². The Kier molecular flexibility index (Phi) is 6.68. The number of carbonyl (C=O) groups excluding carboxylic acids is 1. The number of carbonyl (C=O) groups is 1. The van der Waals surface area contributed by atoms with Crippen LogP contribution >= 0.6 is 0 Å². The van der Waals surface area contributed by atoms with Crippen molar-refractivity contribution in [1.29, 1.82) is 0 Å². The van der Waals surface area contributed by atoms with E-state index in [0.717, 1.165) is 16.1 Å². The molecule has 1 amide bonds. The lowest BCUT2D eigenvalue weighted by atomic mass is 10.2. The van der Waals surface area contributed by atoms with E-state index < -0.39 is 15.9 Å². The summed E-state index contributed by atoms with van der Waals surface area (Å²) in [7, 11) is -3.67. The maximum atomic E-state index is 12.4. The van der Waals surface area contributed by atoms with Crippen molar-refractivity contribution in [3.8, 4) is 17.1 Å². The predicted octanol–water partition coefficient (Wildman–Crippen LogP) is 2.22. The van der Waals surface area contributed by atoms with Crippen LogP contribution in [0.3, 0.4) is 0 Å². The van der Waals surface area contributed by atoms with E-state index in [9.17, 15) is 13.2 Å². The lowest BCUT2D eigenvalue weighted by Gasteiger charge is -2.22. The molecule has 0 saturated heterocycles. The lowest BCUT2D eigenvalue weighted by molar-refractivity contribution is -0.119. The van der Waals surface area contributed by atoms with Gasteiger partial charge in [-0.05, 0) is 31.2 Å². The zero-order chi connectivity index (χ0) is 21.6. The number of nitrogens with zero attached hydrogens (tertiary/aromatic N) is 3. The Balaban J connectivity index is 1.63. The van der Waals surface area contributed by atoms with Crippen molar-refractivity contribution in [2.45, 2.75) is 13.5 Å². The van der Waals surface area contributed by atoms with Gasteiger partial charge in [0.25, 0.3) is 0 Å². The molecule has 0 fully saturated rings. The molecule has 0 saturated carbocycles. The Morgan fingerprint density at radius 1 is 1.13 bits per heavy atom. The Morgan fingerprint density at radius 2 is 1.83 bits per heavy atom. The number of nitrogens with one attached hydrogen (secondary N) is 1. The lowest BCUT2D eigenvalue weighted by Crippen LogP contribution is -2.40. The average Bonchev–Trinajstić information content (AvgIpc) is 3.20. The predicted molar refractivity (Wildman–Crippen MR) is 111 cm³/mol. The van der Waals surface area contributed by atoms with Crippen LogP contribution < -0.4 is 14.4 Å². The number of benzene rings is 2. The standard InChI is InChI=1S/C20H22N4O5S/c1-3-28-17-11-9-16(10-12-17)24(30(2,26)27)14-18(25)21-13-19-22-20(23-29-19)15-7-5-4-6-8-15/h4-12H,3,13-14H2,1-2H3,(H,21,25). The molecular weight excluding hydrogens is 408 g/mol. The molecular formula is C20H22N4O5S. The van der Waals surface area contributed by atoms with Gasteiger partial charge < -0.3 is 14.6 Å². The number of ether oxygens (including phenoxy) is 1. The van der Waals surface area contributed by atoms with Crippen molar-refractivity contribution in [2.24, 2.45) is 0 Å². The molecule has 158 valence electrons. The Morgan fingerprint density at radius 3 is 2.47 bits per heavy atom. The van der Waals surface area contributed by atoms with Gasteiger partial charge in [0.1, 0.15) is 12.3 Å². The van der Waals surface area contributed by atoms with Crippen LogP contribution in [0.15, 0.2) is 59.1 Å². The van der Waals surface area contributed by atoms with Gasteiger partial charge in [0, 0.05) is 5.56 Å². The highest BCUT2D eigenvalue weighted by Gasteiger charge is 2.21. The monoisotopic (exact) mass is 430 g/mol. The van der Waals surface area contributed by atoms with Crippen LogP contribution in [0.25, 0.3) is 11.4 Å². The van der Waals surface area contributed by atoms with Crippen LogP contribution in [-0.2, 0) is 21.4 Å². The van der Waals surface area contributed by atoms with Crippen LogP contribution in [0.4, 0.5) is 5.69 Å². The zero-order valence-corrected chi connectivity index (χ0v) is 17.4. The minimum absolute atomic E-state index is 0.0143. The van der Waals surface area contributed by atoms with Crippen molar-refractivity contribution in [3.63, 3.8) is 0 Å². The first kappa shape index (κ1) is 21.3. The normalized spacial score (nSPS) is 11.1. The van der Waals surface area contributed by atoms with Gasteiger partial charge in [0.15, 0.2) is 0 Å². The molecule has 0 unspecified atom stereocenters. The van der Waals surface area contributed by atoms with E-state index in [1.54, 1.807) is 24.3 Å². The number of sulfonamides is 1. The number of anilines is 1. The molecule has 1 aromatic heterocycles. The maximum Gasteiger partial charge on any atom is 0.246 e. The van der Waals surface area contributed by atoms with Crippen molar-refractivity contribution in [3.05, 3.63) is 60.5 Å². The summed E-state index contributed by atoms with van der Waals surface area (Å²) >= 11 is 0. The number of aromatic nitrogens is 2. The van der Waals surface area contributed by atoms with Crippen LogP contribution in [-0.4, -0.2) is 43.9 Å². The third kappa shape index (κ3) is 5.57. The summed E-state index contributed by atoms with van der Waals surface area (Å²) in [6.07, 6.45) is 1.04. The van der Waals surface area contributed by atoms with Gasteiger partial charge in [-0.2, -0.15) is 4.98 Å². The van der Waals surface area contributed by atoms with E-state index in [2.05, 4.69) is 15.5 Å². The molecule has 1 heterocycles. The van der Waals surface area contributed by atoms with Gasteiger partial charge >= 0.3 is 0 Å². The molecule has 0 aliphatic rings. The molecule has 2 aromatic carbocycles. The minimum Gasteiger partial charge on any atom is -0.494 e. The Bertz CT molecular complexity index is 1080. The minimum atomic E-state index is -3.67. The molecule has 0 bridgehead atoms. The van der Waals surface area contributed by atoms with E-state index in [-0.39, 0.29) is 19.0 Å². The summed E-state index contributed by atoms with van der Waals surface area (Å²) < 4.78 is 35.9. The molecule has 0 radical (unpaired) electrons. The SMILES string of the molecule is CCOc1ccc(N(CC(=O)NCc2nc(-c3ccccc3)no2)S(C)(=O)=O)cc1. The molecule has 0 aliphatic heterocycles. The second kappa shape index (κ2) is 9.40. The summed E-state index contributed by atoms with van der Waals surface area (Å²) in [5.41, 5.74) is 1.15. The second-order valence-electron chi connectivity index (χ2n) is 6.35. The molecule has 9 nitrogen and oxygen atoms in total. The molecule has 0 atom stereocenters. The highest BCUT2D eigenvalue weighted by Crippen LogP contribution is 2.21. The fourth-order valence-corrected chi connectivity index (χ4v) is 3.52. The highest BCUT2D eigenvalue weighted by atomic mass is 32.2. The molecule has 30 heavy (non-hydrogen) atoms. The third-order valence-electron chi connectivity index (χ3n) is 4.06. The molecule has 0 aliphatic carbocycles. The smallest absolute Gasteiger partial charge is 0.246 e. The molecule has 0 spiro atoms. The summed E-state index contributed by atoms with van der Waals surface area (Å²) in [4.78, 5) is 16.6. The number of hydrogen-bond donors (Lipinski definition) is 1. The van der Waals surface area contributed by atoms with Gasteiger partial charge in [-0.3, -0.25) is 9.10 Å². The number of rotatable bonds is 9. The van der Waals surface area contributed by atoms with Crippen LogP contribution in [0.5, 0.6) is 5.75 Å². The summed E-state index contributed by atoms with van der Waals surface area (Å²) in [6.45, 7) is 1.96. The molecule has 10 heteroatoms. The molecule has 1 N–H and O–H groups in total. The summed E-state index contributed by atoms with van der Waals surface area (Å²) in [5, 5.41) is 6.48. The van der Waals surface area contributed by atoms with Gasteiger partial charge in [0.2, 0.25) is 27.6 Å². The van der Waals surface area contributed by atoms with E-state index in [4.69, 9.17) is 9.26 Å². The van der Waals surface area contributed by atoms with Crippen LogP contribution in [0.2, 0.25) is 0 Å². The van der Waals surface area contributed by atoms with E-state index in [0.29, 0.717) is 23.9 Å². The van der Waals surface area contributed by atoms with Gasteiger partial charge in [-0.1, -0.05) is 35.5 Å². The van der Waals surface area contributed by atoms with Gasteiger partial charge in [-0.25, -0.2) is 8.42 Å². The Hall–Kier alpha value is -3.40. The highest BCUT2D eigenvalue weighted by molar-refractivity contribution is 7.92. The van der Waals surface area contributed by atoms with Crippen molar-refractivity contribution >= 4 is 21.6 Å². The Labute approximate surface area is 174 Å². The van der Waals surface area contributed by atoms with Crippen molar-refractivity contribution in [2.75, 3.05) is 23.7 Å². The van der Waals surface area contributed by atoms with Crippen molar-refractivity contribution < 1.29 is 22.5 Å². The number of hydrogen-bond acceptors (Lipinski definition) is 7. The topological polar surface area (TPSA) is 115 Å². The van der Waals surface area contributed by atoms with Crippen LogP contribution in [0.1, 0.15) is 12.8 Å².